The van der Waals surface area contributed by atoms with Crippen LogP contribution in [0.25, 0.3) is 0 Å². The molecule has 0 aliphatic heterocycles. The molecule has 0 radical (unpaired) electrons. The summed E-state index contributed by atoms with van der Waals surface area (Å²) in [5, 5.41) is 10.2. The van der Waals surface area contributed by atoms with Crippen LogP contribution >= 0.6 is 0 Å². The molecule has 0 amide bonds. The second-order valence-corrected chi connectivity index (χ2v) is 5.49. The monoisotopic (exact) mass is 220 g/mol. The molecule has 1 aromatic rings. The Morgan fingerprint density at radius 1 is 1.19 bits per heavy atom. The highest BCUT2D eigenvalue weighted by Gasteiger charge is 2.47. The minimum Gasteiger partial charge on any atom is -0.388 e. The fourth-order valence-corrected chi connectivity index (χ4v) is 3.23. The molecule has 16 heavy (non-hydrogen) atoms. The smallest absolute Gasteiger partial charge is 0.123 e. The van der Waals surface area contributed by atoms with Gasteiger partial charge in [-0.15, -0.1) is 0 Å². The van der Waals surface area contributed by atoms with Crippen molar-refractivity contribution < 1.29 is 9.50 Å². The molecule has 2 aliphatic rings. The zero-order chi connectivity index (χ0) is 11.3. The molecule has 2 aliphatic carbocycles. The summed E-state index contributed by atoms with van der Waals surface area (Å²) in [4.78, 5) is 0. The predicted octanol–water partition coefficient (Wildman–Crippen LogP) is 3.21. The summed E-state index contributed by atoms with van der Waals surface area (Å²) < 4.78 is 13.2. The minimum atomic E-state index is -0.470. The van der Waals surface area contributed by atoms with E-state index in [1.807, 2.05) is 13.0 Å². The first-order valence-electron chi connectivity index (χ1n) is 6.08. The van der Waals surface area contributed by atoms with Gasteiger partial charge in [-0.2, -0.15) is 0 Å². The molecule has 0 heterocycles. The lowest BCUT2D eigenvalue weighted by Gasteiger charge is -2.20. The maximum atomic E-state index is 13.2. The molecule has 0 bridgehead atoms. The SMILES string of the molecule is Cc1cc(F)cc(C(O)C2CC3CC3C2)c1. The summed E-state index contributed by atoms with van der Waals surface area (Å²) in [6.07, 6.45) is 3.14. The quantitative estimate of drug-likeness (QED) is 0.811. The van der Waals surface area contributed by atoms with E-state index in [0.29, 0.717) is 5.92 Å². The normalized spacial score (nSPS) is 33.6. The Balaban J connectivity index is 1.80. The third kappa shape index (κ3) is 1.75. The van der Waals surface area contributed by atoms with Crippen molar-refractivity contribution in [2.45, 2.75) is 32.3 Å². The predicted molar refractivity (Wildman–Crippen MR) is 60.4 cm³/mol. The van der Waals surface area contributed by atoms with E-state index in [1.54, 1.807) is 0 Å². The van der Waals surface area contributed by atoms with Crippen molar-refractivity contribution in [3.8, 4) is 0 Å². The summed E-state index contributed by atoms with van der Waals surface area (Å²) in [7, 11) is 0. The molecule has 0 aromatic heterocycles. The minimum absolute atomic E-state index is 0.239. The van der Waals surface area contributed by atoms with E-state index < -0.39 is 6.10 Å². The molecule has 3 unspecified atom stereocenters. The van der Waals surface area contributed by atoms with Crippen LogP contribution in [-0.4, -0.2) is 5.11 Å². The Bertz CT molecular complexity index is 385. The summed E-state index contributed by atoms with van der Waals surface area (Å²) in [5.41, 5.74) is 1.64. The molecule has 0 spiro atoms. The highest BCUT2D eigenvalue weighted by atomic mass is 19.1. The lowest BCUT2D eigenvalue weighted by atomic mass is 9.91. The van der Waals surface area contributed by atoms with E-state index in [0.717, 1.165) is 35.8 Å². The Labute approximate surface area is 95.3 Å². The van der Waals surface area contributed by atoms with Gasteiger partial charge in [0.2, 0.25) is 0 Å². The third-order valence-corrected chi connectivity index (χ3v) is 4.13. The summed E-state index contributed by atoms with van der Waals surface area (Å²) in [5.74, 6) is 1.82. The molecule has 2 heteroatoms. The van der Waals surface area contributed by atoms with Gasteiger partial charge in [0.15, 0.2) is 0 Å². The number of aliphatic hydroxyl groups is 1. The van der Waals surface area contributed by atoms with Gasteiger partial charge in [-0.1, -0.05) is 6.07 Å². The van der Waals surface area contributed by atoms with Gasteiger partial charge in [0.25, 0.3) is 0 Å². The van der Waals surface area contributed by atoms with E-state index >= 15 is 0 Å². The number of halogens is 1. The van der Waals surface area contributed by atoms with Gasteiger partial charge in [-0.3, -0.25) is 0 Å². The Morgan fingerprint density at radius 3 is 2.50 bits per heavy atom. The molecule has 0 saturated heterocycles. The molecule has 2 fully saturated rings. The molecule has 86 valence electrons. The van der Waals surface area contributed by atoms with Crippen LogP contribution in [0.5, 0.6) is 0 Å². The number of hydrogen-bond donors (Lipinski definition) is 1. The zero-order valence-corrected chi connectivity index (χ0v) is 9.49. The molecule has 1 aromatic carbocycles. The van der Waals surface area contributed by atoms with E-state index in [-0.39, 0.29) is 5.82 Å². The van der Waals surface area contributed by atoms with Crippen LogP contribution in [0.3, 0.4) is 0 Å². The van der Waals surface area contributed by atoms with Gasteiger partial charge in [-0.05, 0) is 67.2 Å². The van der Waals surface area contributed by atoms with Crippen LogP contribution in [0.2, 0.25) is 0 Å². The average molecular weight is 220 g/mol. The number of fused-ring (bicyclic) bond motifs is 1. The molecule has 2 saturated carbocycles. The van der Waals surface area contributed by atoms with E-state index in [2.05, 4.69) is 0 Å². The van der Waals surface area contributed by atoms with Crippen molar-refractivity contribution in [1.82, 2.24) is 0 Å². The Kier molecular flexibility index (Phi) is 2.28. The van der Waals surface area contributed by atoms with Crippen molar-refractivity contribution in [3.63, 3.8) is 0 Å². The molecule has 1 nitrogen and oxygen atoms in total. The van der Waals surface area contributed by atoms with Gasteiger partial charge in [0.05, 0.1) is 6.10 Å². The molecular weight excluding hydrogens is 203 g/mol. The Morgan fingerprint density at radius 2 is 1.88 bits per heavy atom. The first-order valence-corrected chi connectivity index (χ1v) is 6.08. The third-order valence-electron chi connectivity index (χ3n) is 4.13. The van der Waals surface area contributed by atoms with Crippen molar-refractivity contribution in [2.24, 2.45) is 17.8 Å². The fraction of sp³-hybridized carbons (Fsp3) is 0.571. The van der Waals surface area contributed by atoms with Crippen LogP contribution in [-0.2, 0) is 0 Å². The number of benzene rings is 1. The lowest BCUT2D eigenvalue weighted by Crippen LogP contribution is -2.11. The van der Waals surface area contributed by atoms with Crippen molar-refractivity contribution >= 4 is 0 Å². The first kappa shape index (κ1) is 10.3. The maximum Gasteiger partial charge on any atom is 0.123 e. The second-order valence-electron chi connectivity index (χ2n) is 5.49. The molecular formula is C14H17FO. The lowest BCUT2D eigenvalue weighted by molar-refractivity contribution is 0.104. The summed E-state index contributed by atoms with van der Waals surface area (Å²) in [6, 6.07) is 4.88. The average Bonchev–Trinajstić information content (AvgIpc) is 2.83. The van der Waals surface area contributed by atoms with Crippen LogP contribution in [0.4, 0.5) is 4.39 Å². The van der Waals surface area contributed by atoms with Gasteiger partial charge >= 0.3 is 0 Å². The van der Waals surface area contributed by atoms with Crippen molar-refractivity contribution in [3.05, 3.63) is 35.1 Å². The summed E-state index contributed by atoms with van der Waals surface area (Å²) in [6.45, 7) is 1.87. The molecule has 3 rings (SSSR count). The van der Waals surface area contributed by atoms with Crippen LogP contribution in [0.1, 0.15) is 36.5 Å². The Hall–Kier alpha value is -0.890. The number of aliphatic hydroxyl groups excluding tert-OH is 1. The topological polar surface area (TPSA) is 20.2 Å². The van der Waals surface area contributed by atoms with Gasteiger partial charge in [0, 0.05) is 0 Å². The van der Waals surface area contributed by atoms with Crippen LogP contribution < -0.4 is 0 Å². The van der Waals surface area contributed by atoms with E-state index in [9.17, 15) is 9.50 Å². The first-order chi connectivity index (χ1) is 7.63. The number of hydrogen-bond acceptors (Lipinski definition) is 1. The van der Waals surface area contributed by atoms with E-state index in [4.69, 9.17) is 0 Å². The van der Waals surface area contributed by atoms with Crippen LogP contribution in [0.15, 0.2) is 18.2 Å². The number of aryl methyl sites for hydroxylation is 1. The molecule has 1 N–H and O–H groups in total. The standard InChI is InChI=1S/C14H17FO/c1-8-2-11(7-13(15)3-8)14(16)12-5-9-4-10(9)6-12/h2-3,7,9-10,12,14,16H,4-6H2,1H3. The second kappa shape index (κ2) is 3.56. The van der Waals surface area contributed by atoms with Crippen molar-refractivity contribution in [1.29, 1.82) is 0 Å². The highest BCUT2D eigenvalue weighted by Crippen LogP contribution is 2.57. The molecule has 3 atom stereocenters. The fourth-order valence-electron chi connectivity index (χ4n) is 3.23. The summed E-state index contributed by atoms with van der Waals surface area (Å²) >= 11 is 0. The van der Waals surface area contributed by atoms with E-state index in [1.165, 1.54) is 18.6 Å². The van der Waals surface area contributed by atoms with Crippen LogP contribution in [0, 0.1) is 30.5 Å². The highest BCUT2D eigenvalue weighted by molar-refractivity contribution is 5.26. The zero-order valence-electron chi connectivity index (χ0n) is 9.49. The van der Waals surface area contributed by atoms with Crippen molar-refractivity contribution in [2.75, 3.05) is 0 Å². The number of rotatable bonds is 2. The maximum absolute atomic E-state index is 13.2. The van der Waals surface area contributed by atoms with Gasteiger partial charge in [-0.25, -0.2) is 4.39 Å². The van der Waals surface area contributed by atoms with Gasteiger partial charge < -0.3 is 5.11 Å². The largest absolute Gasteiger partial charge is 0.388 e. The van der Waals surface area contributed by atoms with Gasteiger partial charge in [0.1, 0.15) is 5.82 Å².